The number of hydrogen-bond donors (Lipinski definition) is 2. The molecule has 21 heavy (non-hydrogen) atoms. The maximum absolute atomic E-state index is 9.38. The predicted molar refractivity (Wildman–Crippen MR) is 86.8 cm³/mol. The van der Waals surface area contributed by atoms with Gasteiger partial charge in [-0.3, -0.25) is 0 Å². The van der Waals surface area contributed by atoms with E-state index in [9.17, 15) is 5.11 Å². The fraction of sp³-hybridized carbons (Fsp3) is 0.375. The molecule has 5 heteroatoms. The van der Waals surface area contributed by atoms with Crippen molar-refractivity contribution >= 4 is 22.9 Å². The molecule has 3 rings (SSSR count). The molecule has 0 bridgehead atoms. The normalized spacial score (nSPS) is 16.7. The van der Waals surface area contributed by atoms with E-state index in [1.54, 1.807) is 11.3 Å². The molecule has 0 radical (unpaired) electrons. The molecular formula is C16H18ClNO2S. The molecule has 0 amide bonds. The second-order valence-electron chi connectivity index (χ2n) is 5.50. The second-order valence-corrected chi connectivity index (χ2v) is 7.08. The highest BCUT2D eigenvalue weighted by Gasteiger charge is 2.37. The zero-order valence-electron chi connectivity index (χ0n) is 11.6. The number of nitrogens with one attached hydrogen (secondary N) is 1. The van der Waals surface area contributed by atoms with Gasteiger partial charge >= 0.3 is 0 Å². The third-order valence-electron chi connectivity index (χ3n) is 3.75. The first-order valence-electron chi connectivity index (χ1n) is 6.95. The van der Waals surface area contributed by atoms with Crippen molar-refractivity contribution in [1.82, 2.24) is 5.32 Å². The first kappa shape index (κ1) is 15.0. The lowest BCUT2D eigenvalue weighted by molar-refractivity contribution is -0.134. The number of hydrogen-bond acceptors (Lipinski definition) is 4. The Labute approximate surface area is 133 Å². The van der Waals surface area contributed by atoms with Crippen LogP contribution in [0.4, 0.5) is 0 Å². The number of benzene rings is 1. The van der Waals surface area contributed by atoms with Gasteiger partial charge in [0.15, 0.2) is 0 Å². The molecule has 2 aromatic rings. The van der Waals surface area contributed by atoms with Crippen molar-refractivity contribution in [2.75, 3.05) is 26.4 Å². The number of rotatable bonds is 6. The zero-order valence-corrected chi connectivity index (χ0v) is 13.2. The number of thiophene rings is 1. The molecule has 0 spiro atoms. The van der Waals surface area contributed by atoms with Crippen molar-refractivity contribution in [3.8, 4) is 10.4 Å². The van der Waals surface area contributed by atoms with Crippen LogP contribution in [0.25, 0.3) is 10.4 Å². The largest absolute Gasteiger partial charge is 0.396 e. The lowest BCUT2D eigenvalue weighted by Crippen LogP contribution is -2.52. The van der Waals surface area contributed by atoms with Crippen LogP contribution < -0.4 is 5.32 Å². The van der Waals surface area contributed by atoms with E-state index in [0.717, 1.165) is 23.7 Å². The van der Waals surface area contributed by atoms with Gasteiger partial charge in [-0.2, -0.15) is 0 Å². The Bertz CT molecular complexity index is 604. The molecule has 0 aliphatic carbocycles. The van der Waals surface area contributed by atoms with Crippen LogP contribution in [0.3, 0.4) is 0 Å². The molecule has 1 aliphatic rings. The van der Waals surface area contributed by atoms with E-state index in [1.807, 2.05) is 24.3 Å². The zero-order chi connectivity index (χ0) is 14.7. The van der Waals surface area contributed by atoms with E-state index in [2.05, 4.69) is 17.4 Å². The van der Waals surface area contributed by atoms with E-state index in [0.29, 0.717) is 13.2 Å². The molecule has 0 atom stereocenters. The molecule has 1 aromatic carbocycles. The van der Waals surface area contributed by atoms with Gasteiger partial charge in [-0.1, -0.05) is 29.8 Å². The number of ether oxygens (including phenoxy) is 1. The minimum absolute atomic E-state index is 0.0805. The van der Waals surface area contributed by atoms with Gasteiger partial charge in [0.25, 0.3) is 0 Å². The average Bonchev–Trinajstić information content (AvgIpc) is 2.91. The van der Waals surface area contributed by atoms with E-state index in [1.165, 1.54) is 9.75 Å². The van der Waals surface area contributed by atoms with Gasteiger partial charge in [-0.25, -0.2) is 0 Å². The minimum atomic E-state index is -0.0805. The van der Waals surface area contributed by atoms with Crippen molar-refractivity contribution < 1.29 is 9.84 Å². The van der Waals surface area contributed by atoms with Gasteiger partial charge in [0.05, 0.1) is 25.2 Å². The molecule has 2 N–H and O–H groups in total. The van der Waals surface area contributed by atoms with Crippen LogP contribution in [0.1, 0.15) is 4.88 Å². The summed E-state index contributed by atoms with van der Waals surface area (Å²) in [6.45, 7) is 3.05. The lowest BCUT2D eigenvalue weighted by Gasteiger charge is -2.39. The van der Waals surface area contributed by atoms with Crippen LogP contribution in [-0.2, 0) is 11.3 Å². The van der Waals surface area contributed by atoms with Crippen LogP contribution in [0.2, 0.25) is 5.02 Å². The van der Waals surface area contributed by atoms with E-state index in [4.69, 9.17) is 16.3 Å². The fourth-order valence-corrected chi connectivity index (χ4v) is 3.68. The second kappa shape index (κ2) is 6.46. The fourth-order valence-electron chi connectivity index (χ4n) is 2.37. The Morgan fingerprint density at radius 2 is 2.05 bits per heavy atom. The summed E-state index contributed by atoms with van der Waals surface area (Å²) >= 11 is 7.97. The molecule has 1 fully saturated rings. The molecule has 3 nitrogen and oxygen atoms in total. The van der Waals surface area contributed by atoms with Crippen LogP contribution in [-0.4, -0.2) is 31.5 Å². The molecule has 0 saturated carbocycles. The molecule has 0 unspecified atom stereocenters. The minimum Gasteiger partial charge on any atom is -0.396 e. The topological polar surface area (TPSA) is 41.5 Å². The maximum atomic E-state index is 9.38. The Kier molecular flexibility index (Phi) is 4.62. The Hall–Kier alpha value is -0.910. The smallest absolute Gasteiger partial charge is 0.0579 e. The van der Waals surface area contributed by atoms with Gasteiger partial charge in [-0.05, 0) is 18.2 Å². The highest BCUT2D eigenvalue weighted by molar-refractivity contribution is 7.15. The van der Waals surface area contributed by atoms with Gasteiger partial charge in [0.2, 0.25) is 0 Å². The Morgan fingerprint density at radius 1 is 1.24 bits per heavy atom. The summed E-state index contributed by atoms with van der Waals surface area (Å²) in [6, 6.07) is 12.1. The summed E-state index contributed by atoms with van der Waals surface area (Å²) in [6.07, 6.45) is 0. The maximum Gasteiger partial charge on any atom is 0.0579 e. The predicted octanol–water partition coefficient (Wildman–Crippen LogP) is 3.17. The van der Waals surface area contributed by atoms with Crippen LogP contribution >= 0.6 is 22.9 Å². The lowest BCUT2D eigenvalue weighted by atomic mass is 9.87. The molecule has 1 saturated heterocycles. The van der Waals surface area contributed by atoms with Crippen LogP contribution in [0, 0.1) is 5.41 Å². The standard InChI is InChI=1S/C16H18ClNO2S/c17-14-4-2-1-3-13(14)15-6-5-12(21-15)7-18-8-16(9-19)10-20-11-16/h1-6,18-19H,7-11H2. The van der Waals surface area contributed by atoms with E-state index < -0.39 is 0 Å². The van der Waals surface area contributed by atoms with Gasteiger partial charge in [0, 0.05) is 33.4 Å². The monoisotopic (exact) mass is 323 g/mol. The van der Waals surface area contributed by atoms with Gasteiger partial charge in [0.1, 0.15) is 0 Å². The van der Waals surface area contributed by atoms with Gasteiger partial charge < -0.3 is 15.2 Å². The molecule has 1 aliphatic heterocycles. The van der Waals surface area contributed by atoms with E-state index in [-0.39, 0.29) is 12.0 Å². The van der Waals surface area contributed by atoms with Crippen LogP contribution in [0.5, 0.6) is 0 Å². The Morgan fingerprint density at radius 3 is 2.71 bits per heavy atom. The SMILES string of the molecule is OCC1(CNCc2ccc(-c3ccccc3Cl)s2)COC1. The Balaban J connectivity index is 1.59. The van der Waals surface area contributed by atoms with Crippen LogP contribution in [0.15, 0.2) is 36.4 Å². The first-order valence-corrected chi connectivity index (χ1v) is 8.15. The molecule has 2 heterocycles. The highest BCUT2D eigenvalue weighted by Crippen LogP contribution is 2.33. The molecular weight excluding hydrogens is 306 g/mol. The highest BCUT2D eigenvalue weighted by atomic mass is 35.5. The van der Waals surface area contributed by atoms with Crippen molar-refractivity contribution in [3.63, 3.8) is 0 Å². The molecule has 112 valence electrons. The molecule has 1 aromatic heterocycles. The summed E-state index contributed by atoms with van der Waals surface area (Å²) in [5.74, 6) is 0. The number of aliphatic hydroxyl groups is 1. The van der Waals surface area contributed by atoms with Crippen molar-refractivity contribution in [1.29, 1.82) is 0 Å². The van der Waals surface area contributed by atoms with E-state index >= 15 is 0 Å². The number of halogens is 1. The van der Waals surface area contributed by atoms with Crippen molar-refractivity contribution in [3.05, 3.63) is 46.3 Å². The van der Waals surface area contributed by atoms with Crippen molar-refractivity contribution in [2.24, 2.45) is 5.41 Å². The van der Waals surface area contributed by atoms with Crippen molar-refractivity contribution in [2.45, 2.75) is 6.54 Å². The first-order chi connectivity index (χ1) is 10.2. The van der Waals surface area contributed by atoms with Gasteiger partial charge in [-0.15, -0.1) is 11.3 Å². The number of aliphatic hydroxyl groups excluding tert-OH is 1. The summed E-state index contributed by atoms with van der Waals surface area (Å²) in [5, 5.41) is 13.6. The summed E-state index contributed by atoms with van der Waals surface area (Å²) in [7, 11) is 0. The average molecular weight is 324 g/mol. The third kappa shape index (κ3) is 3.30. The quantitative estimate of drug-likeness (QED) is 0.858. The summed E-state index contributed by atoms with van der Waals surface area (Å²) in [5.41, 5.74) is 0.998. The third-order valence-corrected chi connectivity index (χ3v) is 5.20. The summed E-state index contributed by atoms with van der Waals surface area (Å²) in [4.78, 5) is 2.44. The summed E-state index contributed by atoms with van der Waals surface area (Å²) < 4.78 is 5.19.